The van der Waals surface area contributed by atoms with Crippen LogP contribution in [0.25, 0.3) is 0 Å². The van der Waals surface area contributed by atoms with Crippen LogP contribution >= 0.6 is 0 Å². The van der Waals surface area contributed by atoms with Crippen molar-refractivity contribution in [2.45, 2.75) is 39.7 Å². The Morgan fingerprint density at radius 2 is 2.19 bits per heavy atom. The number of carbonyl (C=O) groups is 1. The van der Waals surface area contributed by atoms with Crippen LogP contribution in [0.4, 0.5) is 0 Å². The van der Waals surface area contributed by atoms with Crippen molar-refractivity contribution in [3.05, 3.63) is 35.2 Å². The lowest BCUT2D eigenvalue weighted by molar-refractivity contribution is -0.135. The monoisotopic (exact) mass is 288 g/mol. The lowest BCUT2D eigenvalue weighted by Crippen LogP contribution is -2.33. The molecule has 0 saturated carbocycles. The Balaban J connectivity index is 2.10. The lowest BCUT2D eigenvalue weighted by Gasteiger charge is -2.25. The third-order valence-corrected chi connectivity index (χ3v) is 4.13. The summed E-state index contributed by atoms with van der Waals surface area (Å²) < 4.78 is 5.42. The van der Waals surface area contributed by atoms with Gasteiger partial charge in [-0.25, -0.2) is 0 Å². The number of allylic oxidation sites excluding steroid dienone is 2. The number of aryl methyl sites for hydroxylation is 1. The van der Waals surface area contributed by atoms with E-state index in [4.69, 9.17) is 4.74 Å². The number of pyridine rings is 1. The van der Waals surface area contributed by atoms with Gasteiger partial charge >= 0.3 is 0 Å². The van der Waals surface area contributed by atoms with E-state index in [0.717, 1.165) is 41.8 Å². The predicted octanol–water partition coefficient (Wildman–Crippen LogP) is 3.02. The van der Waals surface area contributed by atoms with Gasteiger partial charge in [-0.1, -0.05) is 12.2 Å². The number of methoxy groups -OCH3 is 1. The summed E-state index contributed by atoms with van der Waals surface area (Å²) in [4.78, 5) is 18.7. The van der Waals surface area contributed by atoms with Crippen LogP contribution in [-0.2, 0) is 11.3 Å². The SMILES string of the molecule is COc1c(C)cnc(CN(C)C(=O)C2CC=CCC2)c1C. The van der Waals surface area contributed by atoms with E-state index in [2.05, 4.69) is 17.1 Å². The van der Waals surface area contributed by atoms with Crippen molar-refractivity contribution in [1.29, 1.82) is 0 Å². The summed E-state index contributed by atoms with van der Waals surface area (Å²) in [5.41, 5.74) is 2.94. The van der Waals surface area contributed by atoms with E-state index in [-0.39, 0.29) is 11.8 Å². The number of ether oxygens (including phenoxy) is 1. The molecule has 114 valence electrons. The second-order valence-corrected chi connectivity index (χ2v) is 5.72. The molecule has 1 aliphatic carbocycles. The van der Waals surface area contributed by atoms with Crippen molar-refractivity contribution in [2.75, 3.05) is 14.2 Å². The highest BCUT2D eigenvalue weighted by Crippen LogP contribution is 2.26. The molecule has 1 heterocycles. The molecule has 1 atom stereocenters. The van der Waals surface area contributed by atoms with Gasteiger partial charge < -0.3 is 9.64 Å². The van der Waals surface area contributed by atoms with Crippen LogP contribution in [-0.4, -0.2) is 29.9 Å². The normalized spacial score (nSPS) is 17.6. The first-order valence-electron chi connectivity index (χ1n) is 7.43. The molecular weight excluding hydrogens is 264 g/mol. The summed E-state index contributed by atoms with van der Waals surface area (Å²) in [6.45, 7) is 4.50. The summed E-state index contributed by atoms with van der Waals surface area (Å²) in [5, 5.41) is 0. The third-order valence-electron chi connectivity index (χ3n) is 4.13. The van der Waals surface area contributed by atoms with Crippen LogP contribution in [0.1, 0.15) is 36.1 Å². The van der Waals surface area contributed by atoms with Crippen molar-refractivity contribution < 1.29 is 9.53 Å². The van der Waals surface area contributed by atoms with Gasteiger partial charge in [0.25, 0.3) is 0 Å². The van der Waals surface area contributed by atoms with Crippen molar-refractivity contribution in [3.63, 3.8) is 0 Å². The van der Waals surface area contributed by atoms with Crippen LogP contribution in [0.2, 0.25) is 0 Å². The van der Waals surface area contributed by atoms with Crippen molar-refractivity contribution in [3.8, 4) is 5.75 Å². The minimum atomic E-state index is 0.118. The maximum atomic E-state index is 12.5. The quantitative estimate of drug-likeness (QED) is 0.800. The fraction of sp³-hybridized carbons (Fsp3) is 0.529. The van der Waals surface area contributed by atoms with E-state index in [1.54, 1.807) is 12.0 Å². The fourth-order valence-electron chi connectivity index (χ4n) is 2.86. The largest absolute Gasteiger partial charge is 0.496 e. The Bertz CT molecular complexity index is 552. The van der Waals surface area contributed by atoms with Crippen molar-refractivity contribution in [1.82, 2.24) is 9.88 Å². The number of hydrogen-bond acceptors (Lipinski definition) is 3. The molecule has 0 saturated heterocycles. The standard InChI is InChI=1S/C17H24N2O2/c1-12-10-18-15(13(2)16(12)21-4)11-19(3)17(20)14-8-6-5-7-9-14/h5-6,10,14H,7-9,11H2,1-4H3. The second kappa shape index (κ2) is 6.74. The summed E-state index contributed by atoms with van der Waals surface area (Å²) >= 11 is 0. The molecule has 21 heavy (non-hydrogen) atoms. The van der Waals surface area contributed by atoms with Crippen LogP contribution in [0.15, 0.2) is 18.3 Å². The predicted molar refractivity (Wildman–Crippen MR) is 83.2 cm³/mol. The minimum Gasteiger partial charge on any atom is -0.496 e. The van der Waals surface area contributed by atoms with Gasteiger partial charge in [-0.3, -0.25) is 9.78 Å². The molecule has 1 aliphatic rings. The molecule has 1 aromatic heterocycles. The molecule has 0 spiro atoms. The molecular formula is C17H24N2O2. The molecule has 0 N–H and O–H groups in total. The Hall–Kier alpha value is -1.84. The molecule has 0 aliphatic heterocycles. The first-order chi connectivity index (χ1) is 10.0. The lowest BCUT2D eigenvalue weighted by atomic mass is 9.93. The Kier molecular flexibility index (Phi) is 4.99. The van der Waals surface area contributed by atoms with Gasteiger partial charge in [-0.05, 0) is 33.1 Å². The number of amides is 1. The molecule has 0 aromatic carbocycles. The van der Waals surface area contributed by atoms with E-state index < -0.39 is 0 Å². The Labute approximate surface area is 126 Å². The number of aromatic nitrogens is 1. The second-order valence-electron chi connectivity index (χ2n) is 5.72. The van der Waals surface area contributed by atoms with Crippen LogP contribution in [0.5, 0.6) is 5.75 Å². The molecule has 4 nitrogen and oxygen atoms in total. The van der Waals surface area contributed by atoms with E-state index in [0.29, 0.717) is 6.54 Å². The number of nitrogens with zero attached hydrogens (tertiary/aromatic N) is 2. The highest BCUT2D eigenvalue weighted by molar-refractivity contribution is 5.79. The van der Waals surface area contributed by atoms with E-state index in [1.807, 2.05) is 27.1 Å². The van der Waals surface area contributed by atoms with Gasteiger partial charge in [0.05, 0.1) is 19.3 Å². The number of rotatable bonds is 4. The minimum absolute atomic E-state index is 0.118. The topological polar surface area (TPSA) is 42.4 Å². The zero-order valence-corrected chi connectivity index (χ0v) is 13.3. The van der Waals surface area contributed by atoms with Gasteiger partial charge in [0.1, 0.15) is 5.75 Å². The average Bonchev–Trinajstić information content (AvgIpc) is 2.50. The summed E-state index contributed by atoms with van der Waals surface area (Å²) in [6, 6.07) is 0. The molecule has 0 radical (unpaired) electrons. The van der Waals surface area contributed by atoms with E-state index >= 15 is 0 Å². The maximum absolute atomic E-state index is 12.5. The van der Waals surface area contributed by atoms with Gasteiger partial charge in [-0.2, -0.15) is 0 Å². The van der Waals surface area contributed by atoms with Gasteiger partial charge in [0.2, 0.25) is 5.91 Å². The molecule has 0 bridgehead atoms. The fourth-order valence-corrected chi connectivity index (χ4v) is 2.86. The van der Waals surface area contributed by atoms with Crippen molar-refractivity contribution >= 4 is 5.91 Å². The molecule has 4 heteroatoms. The molecule has 1 unspecified atom stereocenters. The zero-order valence-electron chi connectivity index (χ0n) is 13.3. The summed E-state index contributed by atoms with van der Waals surface area (Å²) in [7, 11) is 3.52. The zero-order chi connectivity index (χ0) is 15.4. The molecule has 1 aromatic rings. The van der Waals surface area contributed by atoms with Crippen LogP contribution in [0, 0.1) is 19.8 Å². The molecule has 1 amide bonds. The Morgan fingerprint density at radius 1 is 1.43 bits per heavy atom. The van der Waals surface area contributed by atoms with Crippen LogP contribution < -0.4 is 4.74 Å². The summed E-state index contributed by atoms with van der Waals surface area (Å²) in [5.74, 6) is 1.19. The highest BCUT2D eigenvalue weighted by atomic mass is 16.5. The third kappa shape index (κ3) is 3.43. The first-order valence-corrected chi connectivity index (χ1v) is 7.43. The van der Waals surface area contributed by atoms with Gasteiger partial charge in [0, 0.05) is 30.3 Å². The number of hydrogen-bond donors (Lipinski definition) is 0. The highest BCUT2D eigenvalue weighted by Gasteiger charge is 2.23. The summed E-state index contributed by atoms with van der Waals surface area (Å²) in [6.07, 6.45) is 8.87. The van der Waals surface area contributed by atoms with E-state index in [9.17, 15) is 4.79 Å². The maximum Gasteiger partial charge on any atom is 0.226 e. The van der Waals surface area contributed by atoms with Gasteiger partial charge in [0.15, 0.2) is 0 Å². The number of carbonyl (C=O) groups excluding carboxylic acids is 1. The smallest absolute Gasteiger partial charge is 0.226 e. The van der Waals surface area contributed by atoms with Gasteiger partial charge in [-0.15, -0.1) is 0 Å². The average molecular weight is 288 g/mol. The molecule has 0 fully saturated rings. The van der Waals surface area contributed by atoms with Crippen molar-refractivity contribution in [2.24, 2.45) is 5.92 Å². The van der Waals surface area contributed by atoms with Crippen LogP contribution in [0.3, 0.4) is 0 Å². The first kappa shape index (κ1) is 15.5. The van der Waals surface area contributed by atoms with E-state index in [1.165, 1.54) is 0 Å². The Morgan fingerprint density at radius 3 is 2.81 bits per heavy atom. The molecule has 2 rings (SSSR count).